The van der Waals surface area contributed by atoms with Crippen molar-refractivity contribution in [3.63, 3.8) is 0 Å². The number of halogens is 2. The van der Waals surface area contributed by atoms with E-state index in [-0.39, 0.29) is 12.1 Å². The molecule has 25 heavy (non-hydrogen) atoms. The number of thiophene rings is 1. The summed E-state index contributed by atoms with van der Waals surface area (Å²) in [5.74, 6) is -0.0275. The molecule has 2 aromatic rings. The maximum Gasteiger partial charge on any atom is 0.256 e. The van der Waals surface area contributed by atoms with Crippen molar-refractivity contribution >= 4 is 45.4 Å². The second kappa shape index (κ2) is 6.47. The zero-order chi connectivity index (χ0) is 17.7. The standard InChI is InChI=1S/C18H19Cl2N3OS/c1-9(2)23-6-5-12-14(8-23)25-18-15(12)17(24)21-16(22-18)11-4-3-10(19)7-13(11)20/h3-4,7,9,16,22H,5-6,8H2,1-2H3,(H,21,24)/t16-/m1/s1. The summed E-state index contributed by atoms with van der Waals surface area (Å²) in [5.41, 5.74) is 2.83. The number of carbonyl (C=O) groups excluding carboxylic acids is 1. The molecule has 0 spiro atoms. The van der Waals surface area contributed by atoms with Crippen LogP contribution in [0.4, 0.5) is 5.00 Å². The minimum atomic E-state index is -0.342. The molecule has 0 saturated heterocycles. The third-order valence-corrected chi connectivity index (χ3v) is 6.58. The van der Waals surface area contributed by atoms with Crippen LogP contribution in [0, 0.1) is 0 Å². The summed E-state index contributed by atoms with van der Waals surface area (Å²) in [6.07, 6.45) is 0.576. The number of fused-ring (bicyclic) bond motifs is 3. The minimum Gasteiger partial charge on any atom is -0.353 e. The lowest BCUT2D eigenvalue weighted by atomic mass is 9.99. The quantitative estimate of drug-likeness (QED) is 0.775. The van der Waals surface area contributed by atoms with Crippen LogP contribution in [0.2, 0.25) is 10.0 Å². The van der Waals surface area contributed by atoms with E-state index in [1.54, 1.807) is 23.5 Å². The highest BCUT2D eigenvalue weighted by Gasteiger charge is 2.34. The zero-order valence-electron chi connectivity index (χ0n) is 14.0. The van der Waals surface area contributed by atoms with Crippen molar-refractivity contribution in [2.45, 2.75) is 39.0 Å². The molecule has 3 heterocycles. The highest BCUT2D eigenvalue weighted by atomic mass is 35.5. The average Bonchev–Trinajstić information content (AvgIpc) is 2.92. The zero-order valence-corrected chi connectivity index (χ0v) is 16.4. The maximum absolute atomic E-state index is 12.8. The van der Waals surface area contributed by atoms with E-state index in [2.05, 4.69) is 29.4 Å². The molecule has 0 fully saturated rings. The van der Waals surface area contributed by atoms with E-state index in [1.165, 1.54) is 10.4 Å². The van der Waals surface area contributed by atoms with Gasteiger partial charge in [0.05, 0.1) is 5.56 Å². The monoisotopic (exact) mass is 395 g/mol. The summed E-state index contributed by atoms with van der Waals surface area (Å²) in [6, 6.07) is 5.84. The predicted octanol–water partition coefficient (Wildman–Crippen LogP) is 4.68. The van der Waals surface area contributed by atoms with Crippen LogP contribution in [0.25, 0.3) is 0 Å². The Morgan fingerprint density at radius 2 is 2.08 bits per heavy atom. The Balaban J connectivity index is 1.67. The lowest BCUT2D eigenvalue weighted by Crippen LogP contribution is -2.39. The third kappa shape index (κ3) is 3.04. The minimum absolute atomic E-state index is 0.0275. The number of amides is 1. The molecule has 4 nitrogen and oxygen atoms in total. The molecule has 2 aliphatic rings. The van der Waals surface area contributed by atoms with Crippen LogP contribution in [0.15, 0.2) is 18.2 Å². The van der Waals surface area contributed by atoms with Gasteiger partial charge in [0.25, 0.3) is 5.91 Å². The van der Waals surface area contributed by atoms with Gasteiger partial charge in [0.2, 0.25) is 0 Å². The normalized spacial score (nSPS) is 20.0. The number of carbonyl (C=O) groups is 1. The fourth-order valence-electron chi connectivity index (χ4n) is 3.47. The number of nitrogens with one attached hydrogen (secondary N) is 2. The predicted molar refractivity (Wildman–Crippen MR) is 104 cm³/mol. The molecule has 7 heteroatoms. The Morgan fingerprint density at radius 3 is 2.80 bits per heavy atom. The summed E-state index contributed by atoms with van der Waals surface area (Å²) in [6.45, 7) is 6.32. The number of hydrogen-bond donors (Lipinski definition) is 2. The summed E-state index contributed by atoms with van der Waals surface area (Å²) in [7, 11) is 0. The van der Waals surface area contributed by atoms with Gasteiger partial charge in [-0.2, -0.15) is 0 Å². The Kier molecular flexibility index (Phi) is 4.44. The van der Waals surface area contributed by atoms with Gasteiger partial charge in [0.1, 0.15) is 11.2 Å². The van der Waals surface area contributed by atoms with E-state index < -0.39 is 0 Å². The SMILES string of the molecule is CC(C)N1CCc2c(sc3c2C(=O)N[C@@H](c2ccc(Cl)cc2Cl)N3)C1. The van der Waals surface area contributed by atoms with E-state index in [1.807, 2.05) is 6.07 Å². The van der Waals surface area contributed by atoms with Crippen molar-refractivity contribution < 1.29 is 4.79 Å². The van der Waals surface area contributed by atoms with Crippen molar-refractivity contribution in [1.82, 2.24) is 10.2 Å². The molecule has 1 atom stereocenters. The topological polar surface area (TPSA) is 44.4 Å². The van der Waals surface area contributed by atoms with Crippen molar-refractivity contribution in [2.24, 2.45) is 0 Å². The fraction of sp³-hybridized carbons (Fsp3) is 0.389. The van der Waals surface area contributed by atoms with Gasteiger partial charge in [-0.3, -0.25) is 9.69 Å². The molecule has 2 N–H and O–H groups in total. The van der Waals surface area contributed by atoms with Crippen molar-refractivity contribution in [2.75, 3.05) is 11.9 Å². The molecular weight excluding hydrogens is 377 g/mol. The van der Waals surface area contributed by atoms with Gasteiger partial charge < -0.3 is 10.6 Å². The van der Waals surface area contributed by atoms with Gasteiger partial charge in [0.15, 0.2) is 0 Å². The van der Waals surface area contributed by atoms with Gasteiger partial charge >= 0.3 is 0 Å². The molecule has 0 radical (unpaired) electrons. The van der Waals surface area contributed by atoms with Crippen LogP contribution in [-0.2, 0) is 13.0 Å². The van der Waals surface area contributed by atoms with E-state index in [4.69, 9.17) is 23.2 Å². The second-order valence-electron chi connectivity index (χ2n) is 6.74. The lowest BCUT2D eigenvalue weighted by molar-refractivity contribution is 0.0934. The van der Waals surface area contributed by atoms with Crippen molar-refractivity contribution in [3.05, 3.63) is 49.8 Å². The highest BCUT2D eigenvalue weighted by molar-refractivity contribution is 7.16. The molecule has 1 amide bonds. The second-order valence-corrected chi connectivity index (χ2v) is 8.69. The third-order valence-electron chi connectivity index (χ3n) is 4.87. The molecule has 0 aliphatic carbocycles. The molecule has 0 bridgehead atoms. The Bertz CT molecular complexity index is 849. The molecule has 1 aromatic carbocycles. The number of hydrogen-bond acceptors (Lipinski definition) is 4. The van der Waals surface area contributed by atoms with Crippen LogP contribution >= 0.6 is 34.5 Å². The first-order valence-corrected chi connectivity index (χ1v) is 9.92. The Hall–Kier alpha value is -1.27. The summed E-state index contributed by atoms with van der Waals surface area (Å²) >= 11 is 14.0. The highest BCUT2D eigenvalue weighted by Crippen LogP contribution is 2.41. The van der Waals surface area contributed by atoms with Gasteiger partial charge in [0, 0.05) is 39.6 Å². The average molecular weight is 396 g/mol. The fourth-order valence-corrected chi connectivity index (χ4v) is 5.28. The van der Waals surface area contributed by atoms with Crippen LogP contribution in [0.1, 0.15) is 46.4 Å². The molecule has 0 unspecified atom stereocenters. The number of rotatable bonds is 2. The van der Waals surface area contributed by atoms with E-state index in [9.17, 15) is 4.79 Å². The van der Waals surface area contributed by atoms with E-state index >= 15 is 0 Å². The molecular formula is C18H19Cl2N3OS. The van der Waals surface area contributed by atoms with Crippen LogP contribution in [0.5, 0.6) is 0 Å². The van der Waals surface area contributed by atoms with E-state index in [0.29, 0.717) is 16.1 Å². The first kappa shape index (κ1) is 17.2. The first-order chi connectivity index (χ1) is 11.9. The van der Waals surface area contributed by atoms with Crippen molar-refractivity contribution in [3.8, 4) is 0 Å². The van der Waals surface area contributed by atoms with Crippen LogP contribution < -0.4 is 10.6 Å². The molecule has 4 rings (SSSR count). The molecule has 1 aromatic heterocycles. The summed E-state index contributed by atoms with van der Waals surface area (Å²) in [4.78, 5) is 16.5. The lowest BCUT2D eigenvalue weighted by Gasteiger charge is -2.31. The largest absolute Gasteiger partial charge is 0.353 e. The van der Waals surface area contributed by atoms with Gasteiger partial charge in [-0.15, -0.1) is 11.3 Å². The Morgan fingerprint density at radius 1 is 1.28 bits per heavy atom. The molecule has 2 aliphatic heterocycles. The van der Waals surface area contributed by atoms with Gasteiger partial charge in [-0.05, 0) is 38.0 Å². The Labute approximate surface area is 161 Å². The molecule has 132 valence electrons. The van der Waals surface area contributed by atoms with Crippen LogP contribution in [0.3, 0.4) is 0 Å². The van der Waals surface area contributed by atoms with E-state index in [0.717, 1.165) is 35.6 Å². The summed E-state index contributed by atoms with van der Waals surface area (Å²) in [5, 5.41) is 8.54. The maximum atomic E-state index is 12.8. The van der Waals surface area contributed by atoms with Gasteiger partial charge in [-0.1, -0.05) is 29.3 Å². The van der Waals surface area contributed by atoms with Gasteiger partial charge in [-0.25, -0.2) is 0 Å². The smallest absolute Gasteiger partial charge is 0.256 e. The number of nitrogens with zero attached hydrogens (tertiary/aromatic N) is 1. The van der Waals surface area contributed by atoms with Crippen molar-refractivity contribution in [1.29, 1.82) is 0 Å². The number of benzene rings is 1. The number of anilines is 1. The summed E-state index contributed by atoms with van der Waals surface area (Å²) < 4.78 is 0. The first-order valence-electron chi connectivity index (χ1n) is 8.35. The molecule has 0 saturated carbocycles. The van der Waals surface area contributed by atoms with Crippen LogP contribution in [-0.4, -0.2) is 23.4 Å².